The van der Waals surface area contributed by atoms with Gasteiger partial charge in [-0.3, -0.25) is 15.0 Å². The number of hydrogen-bond acceptors (Lipinski definition) is 4. The number of nitrogens with one attached hydrogen (secondary N) is 1. The normalized spacial score (nSPS) is 21.9. The zero-order valence-electron chi connectivity index (χ0n) is 13.1. The molecule has 1 aliphatic heterocycles. The fraction of sp³-hybridized carbons (Fsp3) is 0.500. The molecule has 0 radical (unpaired) electrons. The average Bonchev–Trinajstić information content (AvgIpc) is 2.54. The van der Waals surface area contributed by atoms with Gasteiger partial charge in [0.05, 0.1) is 4.92 Å². The predicted octanol–water partition coefficient (Wildman–Crippen LogP) is 3.74. The highest BCUT2D eigenvalue weighted by atomic mass is 16.6. The maximum Gasteiger partial charge on any atom is 0.292 e. The second kappa shape index (κ2) is 6.26. The van der Waals surface area contributed by atoms with Crippen LogP contribution in [0.3, 0.4) is 0 Å². The summed E-state index contributed by atoms with van der Waals surface area (Å²) in [6.07, 6.45) is 2.20. The first-order valence-corrected chi connectivity index (χ1v) is 7.32. The number of benzene rings is 1. The summed E-state index contributed by atoms with van der Waals surface area (Å²) in [7, 11) is 0. The number of anilines is 1. The van der Waals surface area contributed by atoms with Crippen LogP contribution in [0.5, 0.6) is 0 Å². The van der Waals surface area contributed by atoms with Gasteiger partial charge in [0.25, 0.3) is 5.69 Å². The average molecular weight is 289 g/mol. The largest absolute Gasteiger partial charge is 0.378 e. The molecule has 21 heavy (non-hydrogen) atoms. The lowest BCUT2D eigenvalue weighted by Crippen LogP contribution is -2.37. The van der Waals surface area contributed by atoms with Crippen molar-refractivity contribution in [3.63, 3.8) is 0 Å². The molecule has 5 heteroatoms. The van der Waals surface area contributed by atoms with Gasteiger partial charge in [0.1, 0.15) is 5.69 Å². The van der Waals surface area contributed by atoms with Crippen LogP contribution in [0.4, 0.5) is 11.4 Å². The molecule has 0 aliphatic carbocycles. The van der Waals surface area contributed by atoms with Gasteiger partial charge in [-0.2, -0.15) is 0 Å². The van der Waals surface area contributed by atoms with Crippen LogP contribution >= 0.6 is 0 Å². The van der Waals surface area contributed by atoms with Crippen LogP contribution in [0.15, 0.2) is 29.8 Å². The molecule has 2 rings (SSSR count). The molecule has 2 atom stereocenters. The molecule has 1 N–H and O–H groups in total. The van der Waals surface area contributed by atoms with Gasteiger partial charge in [-0.1, -0.05) is 23.8 Å². The molecular weight excluding hydrogens is 266 g/mol. The number of allylic oxidation sites excluding steroid dienone is 1. The van der Waals surface area contributed by atoms with Crippen molar-refractivity contribution in [1.82, 2.24) is 4.90 Å². The molecule has 0 saturated carbocycles. The summed E-state index contributed by atoms with van der Waals surface area (Å²) in [5.41, 5.74) is 3.11. The Morgan fingerprint density at radius 3 is 2.81 bits per heavy atom. The molecule has 1 aliphatic rings. The zero-order valence-corrected chi connectivity index (χ0v) is 13.1. The minimum absolute atomic E-state index is 0.139. The predicted molar refractivity (Wildman–Crippen MR) is 85.6 cm³/mol. The van der Waals surface area contributed by atoms with Crippen molar-refractivity contribution in [2.45, 2.75) is 39.8 Å². The SMILES string of the molecule is CC(C)=CCN1C(C)CNc2c(cccc2[N+](=O)[O-])C1C. The van der Waals surface area contributed by atoms with Gasteiger partial charge in [0, 0.05) is 31.2 Å². The fourth-order valence-corrected chi connectivity index (χ4v) is 2.80. The Morgan fingerprint density at radius 1 is 1.48 bits per heavy atom. The van der Waals surface area contributed by atoms with Gasteiger partial charge >= 0.3 is 0 Å². The Labute approximate surface area is 125 Å². The van der Waals surface area contributed by atoms with E-state index >= 15 is 0 Å². The Morgan fingerprint density at radius 2 is 2.19 bits per heavy atom. The van der Waals surface area contributed by atoms with Crippen molar-refractivity contribution in [2.75, 3.05) is 18.4 Å². The van der Waals surface area contributed by atoms with Crippen LogP contribution in [0.2, 0.25) is 0 Å². The minimum Gasteiger partial charge on any atom is -0.378 e. The van der Waals surface area contributed by atoms with E-state index in [2.05, 4.69) is 44.0 Å². The van der Waals surface area contributed by atoms with Crippen LogP contribution in [-0.2, 0) is 0 Å². The summed E-state index contributed by atoms with van der Waals surface area (Å²) in [4.78, 5) is 13.3. The molecule has 0 amide bonds. The first-order chi connectivity index (χ1) is 9.91. The molecule has 0 fully saturated rings. The van der Waals surface area contributed by atoms with Gasteiger partial charge in [0.2, 0.25) is 0 Å². The van der Waals surface area contributed by atoms with E-state index in [1.807, 2.05) is 6.07 Å². The van der Waals surface area contributed by atoms with Gasteiger partial charge in [-0.25, -0.2) is 0 Å². The van der Waals surface area contributed by atoms with Crippen LogP contribution in [0, 0.1) is 10.1 Å². The van der Waals surface area contributed by atoms with Gasteiger partial charge < -0.3 is 5.32 Å². The molecule has 0 saturated heterocycles. The topological polar surface area (TPSA) is 58.4 Å². The van der Waals surface area contributed by atoms with Gasteiger partial charge in [-0.05, 0) is 33.3 Å². The highest BCUT2D eigenvalue weighted by Gasteiger charge is 2.29. The first-order valence-electron chi connectivity index (χ1n) is 7.32. The standard InChI is InChI=1S/C16H23N3O2/c1-11(2)8-9-18-12(3)10-17-16-14(13(18)4)6-5-7-15(16)19(20)21/h5-8,12-13,17H,9-10H2,1-4H3. The number of fused-ring (bicyclic) bond motifs is 1. The number of nitro benzene ring substituents is 1. The maximum absolute atomic E-state index is 11.2. The molecule has 2 unspecified atom stereocenters. The van der Waals surface area contributed by atoms with Crippen molar-refractivity contribution in [3.05, 3.63) is 45.5 Å². The maximum atomic E-state index is 11.2. The van der Waals surface area contributed by atoms with E-state index in [9.17, 15) is 10.1 Å². The second-order valence-electron chi connectivity index (χ2n) is 5.88. The quantitative estimate of drug-likeness (QED) is 0.523. The lowest BCUT2D eigenvalue weighted by molar-refractivity contribution is -0.384. The third-order valence-corrected chi connectivity index (χ3v) is 4.07. The molecule has 0 bridgehead atoms. The van der Waals surface area contributed by atoms with Crippen LogP contribution in [-0.4, -0.2) is 29.0 Å². The highest BCUT2D eigenvalue weighted by molar-refractivity contribution is 5.67. The molecule has 0 aromatic heterocycles. The minimum atomic E-state index is -0.311. The molecule has 5 nitrogen and oxygen atoms in total. The van der Waals surface area contributed by atoms with Crippen molar-refractivity contribution in [2.24, 2.45) is 0 Å². The fourth-order valence-electron chi connectivity index (χ4n) is 2.80. The van der Waals surface area contributed by atoms with Crippen LogP contribution < -0.4 is 5.32 Å². The smallest absolute Gasteiger partial charge is 0.292 e. The molecule has 1 aromatic carbocycles. The summed E-state index contributed by atoms with van der Waals surface area (Å²) in [6.45, 7) is 10.0. The van der Waals surface area contributed by atoms with Crippen LogP contribution in [0.1, 0.15) is 39.3 Å². The number of nitrogens with zero attached hydrogens (tertiary/aromatic N) is 2. The molecule has 1 heterocycles. The van der Waals surface area contributed by atoms with Crippen LogP contribution in [0.25, 0.3) is 0 Å². The summed E-state index contributed by atoms with van der Waals surface area (Å²) >= 11 is 0. The summed E-state index contributed by atoms with van der Waals surface area (Å²) in [5, 5.41) is 14.5. The Kier molecular flexibility index (Phi) is 4.63. The monoisotopic (exact) mass is 289 g/mol. The van der Waals surface area contributed by atoms with E-state index in [0.29, 0.717) is 18.3 Å². The Bertz CT molecular complexity index is 565. The third kappa shape index (κ3) is 3.24. The van der Waals surface area contributed by atoms with E-state index in [1.54, 1.807) is 12.1 Å². The molecular formula is C16H23N3O2. The Hall–Kier alpha value is -1.88. The molecule has 114 valence electrons. The van der Waals surface area contributed by atoms with E-state index in [4.69, 9.17) is 0 Å². The van der Waals surface area contributed by atoms with Crippen molar-refractivity contribution >= 4 is 11.4 Å². The van der Waals surface area contributed by atoms with Crippen molar-refractivity contribution in [3.8, 4) is 0 Å². The Balaban J connectivity index is 2.41. The first kappa shape index (κ1) is 15.5. The van der Waals surface area contributed by atoms with Gasteiger partial charge in [-0.15, -0.1) is 0 Å². The highest BCUT2D eigenvalue weighted by Crippen LogP contribution is 2.37. The summed E-state index contributed by atoms with van der Waals surface area (Å²) < 4.78 is 0. The second-order valence-corrected chi connectivity index (χ2v) is 5.88. The lowest BCUT2D eigenvalue weighted by atomic mass is 10.0. The van der Waals surface area contributed by atoms with Gasteiger partial charge in [0.15, 0.2) is 0 Å². The molecule has 1 aromatic rings. The van der Waals surface area contributed by atoms with Crippen molar-refractivity contribution in [1.29, 1.82) is 0 Å². The number of para-hydroxylation sites is 1. The lowest BCUT2D eigenvalue weighted by Gasteiger charge is -2.31. The summed E-state index contributed by atoms with van der Waals surface area (Å²) in [6, 6.07) is 5.76. The van der Waals surface area contributed by atoms with E-state index in [0.717, 1.165) is 12.1 Å². The zero-order chi connectivity index (χ0) is 15.6. The molecule has 0 spiro atoms. The number of rotatable bonds is 3. The summed E-state index contributed by atoms with van der Waals surface area (Å²) in [5.74, 6) is 0. The van der Waals surface area contributed by atoms with E-state index in [1.165, 1.54) is 5.57 Å². The third-order valence-electron chi connectivity index (χ3n) is 4.07. The van der Waals surface area contributed by atoms with Crippen molar-refractivity contribution < 1.29 is 4.92 Å². The van der Waals surface area contributed by atoms with E-state index < -0.39 is 0 Å². The van der Waals surface area contributed by atoms with E-state index in [-0.39, 0.29) is 16.7 Å². The number of nitro groups is 1. The number of hydrogen-bond donors (Lipinski definition) is 1.